The van der Waals surface area contributed by atoms with Gasteiger partial charge in [0.1, 0.15) is 11.6 Å². The van der Waals surface area contributed by atoms with Gasteiger partial charge in [-0.3, -0.25) is 4.79 Å². The van der Waals surface area contributed by atoms with Crippen LogP contribution in [0.4, 0.5) is 0 Å². The number of aromatic hydroxyl groups is 1. The summed E-state index contributed by atoms with van der Waals surface area (Å²) in [6, 6.07) is 12.2. The molecule has 0 saturated carbocycles. The average Bonchev–Trinajstić information content (AvgIpc) is 3.48. The van der Waals surface area contributed by atoms with Gasteiger partial charge < -0.3 is 32.5 Å². The Kier molecular flexibility index (Phi) is 11.7. The molecule has 1 amide bonds. The van der Waals surface area contributed by atoms with Crippen LogP contribution in [0, 0.1) is 11.8 Å². The molecule has 12 nitrogen and oxygen atoms in total. The summed E-state index contributed by atoms with van der Waals surface area (Å²) in [6.07, 6.45) is 11.8. The Morgan fingerprint density at radius 1 is 1.07 bits per heavy atom. The highest BCUT2D eigenvalue weighted by molar-refractivity contribution is 5.93. The highest BCUT2D eigenvalue weighted by atomic mass is 16.3. The maximum Gasteiger partial charge on any atom is 0.271 e. The molecule has 0 saturated heterocycles. The third kappa shape index (κ3) is 9.46. The van der Waals surface area contributed by atoms with Gasteiger partial charge in [-0.1, -0.05) is 31.4 Å². The Morgan fingerprint density at radius 3 is 2.67 bits per heavy atom. The van der Waals surface area contributed by atoms with E-state index in [-0.39, 0.29) is 17.5 Å². The summed E-state index contributed by atoms with van der Waals surface area (Å²) in [7, 11) is 0. The molecular weight excluding hydrogens is 568 g/mol. The number of rotatable bonds is 14. The molecule has 0 aliphatic carbocycles. The van der Waals surface area contributed by atoms with Crippen LogP contribution in [0.25, 0.3) is 11.3 Å². The number of aryl methyl sites for hydroxylation is 1. The first-order chi connectivity index (χ1) is 21.9. The van der Waals surface area contributed by atoms with E-state index >= 15 is 0 Å². The number of amides is 1. The van der Waals surface area contributed by atoms with Crippen molar-refractivity contribution in [3.05, 3.63) is 101 Å². The van der Waals surface area contributed by atoms with Crippen molar-refractivity contribution in [2.24, 2.45) is 17.2 Å². The van der Waals surface area contributed by atoms with Crippen LogP contribution < -0.4 is 22.5 Å². The second kappa shape index (κ2) is 16.3. The number of nitrogens with two attached hydrogens (primary N) is 3. The van der Waals surface area contributed by atoms with Crippen molar-refractivity contribution in [1.82, 2.24) is 34.8 Å². The minimum Gasteiger partial charge on any atom is -0.507 e. The molecule has 0 radical (unpaired) electrons. The summed E-state index contributed by atoms with van der Waals surface area (Å²) < 4.78 is 1.56. The summed E-state index contributed by atoms with van der Waals surface area (Å²) in [4.78, 5) is 27.5. The quantitative estimate of drug-likeness (QED) is 0.0809. The van der Waals surface area contributed by atoms with E-state index in [1.165, 1.54) is 0 Å². The second-order valence-corrected chi connectivity index (χ2v) is 10.4. The second-order valence-electron chi connectivity index (χ2n) is 10.4. The zero-order valence-electron chi connectivity index (χ0n) is 25.5. The number of nitrogens with one attached hydrogen (secondary N) is 1. The third-order valence-electron chi connectivity index (χ3n) is 6.95. The van der Waals surface area contributed by atoms with E-state index in [9.17, 15) is 9.90 Å². The number of para-hydroxylation sites is 1. The first-order valence-electron chi connectivity index (χ1n) is 15.0. The van der Waals surface area contributed by atoms with E-state index < -0.39 is 0 Å². The van der Waals surface area contributed by atoms with Crippen LogP contribution >= 0.6 is 0 Å². The molecule has 234 valence electrons. The molecule has 12 heteroatoms. The van der Waals surface area contributed by atoms with Crippen molar-refractivity contribution < 1.29 is 9.90 Å². The number of aromatic nitrogens is 5. The molecule has 0 atom stereocenters. The van der Waals surface area contributed by atoms with Crippen LogP contribution in [0.1, 0.15) is 66.6 Å². The lowest BCUT2D eigenvalue weighted by atomic mass is 10.1. The van der Waals surface area contributed by atoms with E-state index in [1.807, 2.05) is 12.1 Å². The molecular formula is C33H40N10O2. The predicted molar refractivity (Wildman–Crippen MR) is 174 cm³/mol. The van der Waals surface area contributed by atoms with Crippen molar-refractivity contribution in [1.29, 1.82) is 0 Å². The fraction of sp³-hybridized carbons (Fsp3) is 0.303. The van der Waals surface area contributed by atoms with Crippen molar-refractivity contribution in [2.45, 2.75) is 45.4 Å². The Morgan fingerprint density at radius 2 is 1.89 bits per heavy atom. The van der Waals surface area contributed by atoms with Gasteiger partial charge in [0.15, 0.2) is 11.3 Å². The molecule has 3 heterocycles. The van der Waals surface area contributed by atoms with Crippen LogP contribution in [0.2, 0.25) is 0 Å². The lowest BCUT2D eigenvalue weighted by Gasteiger charge is -2.27. The van der Waals surface area contributed by atoms with E-state index in [0.29, 0.717) is 47.1 Å². The lowest BCUT2D eigenvalue weighted by molar-refractivity contribution is 0.0949. The van der Waals surface area contributed by atoms with Gasteiger partial charge in [-0.2, -0.15) is 5.10 Å². The van der Waals surface area contributed by atoms with Crippen LogP contribution in [0.5, 0.6) is 5.75 Å². The van der Waals surface area contributed by atoms with E-state index in [2.05, 4.69) is 49.0 Å². The van der Waals surface area contributed by atoms with Gasteiger partial charge in [-0.25, -0.2) is 19.5 Å². The number of unbranched alkanes of at least 4 members (excludes halogenated alkanes) is 2. The molecule has 0 spiro atoms. The van der Waals surface area contributed by atoms with Crippen molar-refractivity contribution in [3.63, 3.8) is 0 Å². The molecule has 3 aromatic heterocycles. The van der Waals surface area contributed by atoms with Gasteiger partial charge in [0, 0.05) is 67.7 Å². The zero-order chi connectivity index (χ0) is 32.0. The van der Waals surface area contributed by atoms with Crippen LogP contribution in [0.3, 0.4) is 0 Å². The van der Waals surface area contributed by atoms with Crippen LogP contribution in [0.15, 0.2) is 78.6 Å². The summed E-state index contributed by atoms with van der Waals surface area (Å²) in [6.45, 7) is 4.01. The predicted octanol–water partition coefficient (Wildman–Crippen LogP) is 2.91. The maximum atomic E-state index is 12.4. The fourth-order valence-electron chi connectivity index (χ4n) is 4.62. The Balaban J connectivity index is 1.27. The average molecular weight is 609 g/mol. The molecule has 45 heavy (non-hydrogen) atoms. The Hall–Kier alpha value is -5.57. The van der Waals surface area contributed by atoms with Crippen molar-refractivity contribution in [2.75, 3.05) is 19.6 Å². The van der Waals surface area contributed by atoms with Gasteiger partial charge in [0.05, 0.1) is 5.70 Å². The number of allylic oxidation sites excluding steroid dienone is 1. The molecule has 0 fully saturated rings. The largest absolute Gasteiger partial charge is 0.507 e. The SMILES string of the molecule is CCCCN(CCCCc1ccnc(C#CCCNC(=O)c2cc3ncccn3n2)n1)C(/C=C(\N)c1ccccc1O)=C(N)N. The van der Waals surface area contributed by atoms with Gasteiger partial charge >= 0.3 is 0 Å². The van der Waals surface area contributed by atoms with Crippen molar-refractivity contribution >= 4 is 17.3 Å². The van der Waals surface area contributed by atoms with Crippen LogP contribution in [-0.2, 0) is 6.42 Å². The van der Waals surface area contributed by atoms with Crippen molar-refractivity contribution in [3.8, 4) is 17.6 Å². The van der Waals surface area contributed by atoms with Gasteiger partial charge in [0.2, 0.25) is 5.82 Å². The van der Waals surface area contributed by atoms with Gasteiger partial charge in [-0.15, -0.1) is 0 Å². The lowest BCUT2D eigenvalue weighted by Crippen LogP contribution is -2.30. The fourth-order valence-corrected chi connectivity index (χ4v) is 4.62. The molecule has 0 bridgehead atoms. The summed E-state index contributed by atoms with van der Waals surface area (Å²) in [5.41, 5.74) is 21.9. The monoisotopic (exact) mass is 608 g/mol. The number of phenols is 1. The minimum absolute atomic E-state index is 0.0966. The number of hydrogen-bond acceptors (Lipinski definition) is 10. The molecule has 1 aromatic carbocycles. The molecule has 0 unspecified atom stereocenters. The molecule has 8 N–H and O–H groups in total. The molecule has 0 aliphatic heterocycles. The van der Waals surface area contributed by atoms with E-state index in [1.54, 1.807) is 59.5 Å². The molecule has 4 aromatic rings. The zero-order valence-corrected chi connectivity index (χ0v) is 25.5. The maximum absolute atomic E-state index is 12.4. The highest BCUT2D eigenvalue weighted by Crippen LogP contribution is 2.23. The summed E-state index contributed by atoms with van der Waals surface area (Å²) in [5.74, 6) is 6.45. The Labute approximate surface area is 263 Å². The molecule has 4 rings (SSSR count). The van der Waals surface area contributed by atoms with Gasteiger partial charge in [0.25, 0.3) is 5.91 Å². The molecule has 0 aliphatic rings. The number of nitrogens with zero attached hydrogens (tertiary/aromatic N) is 6. The minimum atomic E-state index is -0.277. The standard InChI is InChI=1S/C33H40N10O2/c1-2-3-19-42(28(32(35)36)22-26(34)25-12-4-5-13-29(25)44)20-9-7-11-24-15-18-37-30(40-24)14-6-8-16-39-33(45)27-23-31-38-17-10-21-43(31)41-27/h4-5,10,12-13,15,17-18,21-23,44H,2-3,7-9,11,16,19-20,34-36H2,1H3,(H,39,45)/b26-22-. The first kappa shape index (κ1) is 32.3. The topological polar surface area (TPSA) is 187 Å². The van der Waals surface area contributed by atoms with Gasteiger partial charge in [-0.05, 0) is 61.9 Å². The number of carbonyl (C=O) groups is 1. The normalized spacial score (nSPS) is 11.1. The van der Waals surface area contributed by atoms with Crippen LogP contribution in [-0.4, -0.2) is 60.1 Å². The summed E-state index contributed by atoms with van der Waals surface area (Å²) in [5, 5.41) is 17.3. The summed E-state index contributed by atoms with van der Waals surface area (Å²) >= 11 is 0. The highest BCUT2D eigenvalue weighted by Gasteiger charge is 2.13. The smallest absolute Gasteiger partial charge is 0.271 e. The van der Waals surface area contributed by atoms with E-state index in [0.717, 1.165) is 50.9 Å². The number of hydrogen-bond donors (Lipinski definition) is 5. The van der Waals surface area contributed by atoms with E-state index in [4.69, 9.17) is 17.2 Å². The number of phenolic OH excluding ortho intramolecular Hbond substituents is 1. The third-order valence-corrected chi connectivity index (χ3v) is 6.95. The first-order valence-corrected chi connectivity index (χ1v) is 15.0. The number of fused-ring (bicyclic) bond motifs is 1. The Bertz CT molecular complexity index is 1680. The number of benzene rings is 1. The number of carbonyl (C=O) groups excluding carboxylic acids is 1.